The van der Waals surface area contributed by atoms with E-state index in [4.69, 9.17) is 16.3 Å². The fourth-order valence-electron chi connectivity index (χ4n) is 3.38. The van der Waals surface area contributed by atoms with Gasteiger partial charge in [0.25, 0.3) is 11.8 Å². The van der Waals surface area contributed by atoms with Crippen LogP contribution in [0.2, 0.25) is 5.02 Å². The molecular formula is C20H21ClN6O3. The Morgan fingerprint density at radius 1 is 1.30 bits per heavy atom. The Morgan fingerprint density at radius 3 is 2.90 bits per heavy atom. The van der Waals surface area contributed by atoms with Crippen molar-refractivity contribution in [2.24, 2.45) is 0 Å². The summed E-state index contributed by atoms with van der Waals surface area (Å²) in [6, 6.07) is 10.6. The van der Waals surface area contributed by atoms with Gasteiger partial charge in [-0.3, -0.25) is 19.4 Å². The van der Waals surface area contributed by atoms with Crippen LogP contribution in [-0.2, 0) is 17.7 Å². The highest BCUT2D eigenvalue weighted by atomic mass is 35.5. The summed E-state index contributed by atoms with van der Waals surface area (Å²) >= 11 is 6.20. The van der Waals surface area contributed by atoms with Gasteiger partial charge < -0.3 is 15.4 Å². The van der Waals surface area contributed by atoms with Crippen LogP contribution < -0.4 is 10.6 Å². The lowest BCUT2D eigenvalue weighted by atomic mass is 10.1. The second-order valence-corrected chi connectivity index (χ2v) is 7.38. The number of carbonyl (C=O) groups is 2. The first-order valence-corrected chi connectivity index (χ1v) is 9.88. The van der Waals surface area contributed by atoms with Gasteiger partial charge in [-0.2, -0.15) is 10.2 Å². The zero-order chi connectivity index (χ0) is 21.1. The number of nitrogens with zero attached hydrogens (tertiary/aromatic N) is 3. The predicted octanol–water partition coefficient (Wildman–Crippen LogP) is 1.66. The van der Waals surface area contributed by atoms with Gasteiger partial charge in [0.15, 0.2) is 0 Å². The molecule has 30 heavy (non-hydrogen) atoms. The van der Waals surface area contributed by atoms with E-state index in [1.807, 2.05) is 18.2 Å². The molecule has 2 amide bonds. The minimum absolute atomic E-state index is 0.113. The van der Waals surface area contributed by atoms with Crippen molar-refractivity contribution in [3.63, 3.8) is 0 Å². The maximum absolute atomic E-state index is 12.6. The molecule has 0 saturated carbocycles. The van der Waals surface area contributed by atoms with Gasteiger partial charge in [0.2, 0.25) is 0 Å². The molecule has 0 aliphatic carbocycles. The first-order valence-electron chi connectivity index (χ1n) is 9.50. The molecule has 0 fully saturated rings. The topological polar surface area (TPSA) is 114 Å². The molecule has 1 atom stereocenters. The third-order valence-electron chi connectivity index (χ3n) is 4.84. The number of aromatic nitrogens is 4. The summed E-state index contributed by atoms with van der Waals surface area (Å²) in [6.45, 7) is 1.37. The number of halogens is 1. The number of carbonyl (C=O) groups excluding carboxylic acids is 2. The summed E-state index contributed by atoms with van der Waals surface area (Å²) in [5.74, 6) is -0.492. The van der Waals surface area contributed by atoms with Crippen LogP contribution in [0.5, 0.6) is 0 Å². The first-order chi connectivity index (χ1) is 14.5. The molecule has 2 aromatic heterocycles. The van der Waals surface area contributed by atoms with Crippen molar-refractivity contribution in [2.75, 3.05) is 20.3 Å². The van der Waals surface area contributed by atoms with E-state index in [-0.39, 0.29) is 17.9 Å². The van der Waals surface area contributed by atoms with Crippen LogP contribution in [0.3, 0.4) is 0 Å². The van der Waals surface area contributed by atoms with E-state index in [2.05, 4.69) is 25.9 Å². The third kappa shape index (κ3) is 4.22. The molecular weight excluding hydrogens is 408 g/mol. The zero-order valence-electron chi connectivity index (χ0n) is 16.3. The van der Waals surface area contributed by atoms with Gasteiger partial charge in [-0.1, -0.05) is 29.8 Å². The van der Waals surface area contributed by atoms with E-state index in [0.29, 0.717) is 48.2 Å². The van der Waals surface area contributed by atoms with E-state index in [1.165, 1.54) is 0 Å². The van der Waals surface area contributed by atoms with E-state index in [9.17, 15) is 9.59 Å². The van der Waals surface area contributed by atoms with Crippen LogP contribution in [0.15, 0.2) is 36.4 Å². The van der Waals surface area contributed by atoms with E-state index < -0.39 is 0 Å². The number of hydrogen-bond donors (Lipinski definition) is 3. The third-order valence-corrected chi connectivity index (χ3v) is 5.17. The summed E-state index contributed by atoms with van der Waals surface area (Å²) in [5.41, 5.74) is 2.98. The number of nitrogens with one attached hydrogen (secondary N) is 3. The molecule has 0 saturated heterocycles. The largest absolute Gasteiger partial charge is 0.383 e. The van der Waals surface area contributed by atoms with Crippen molar-refractivity contribution in [3.8, 4) is 11.3 Å². The van der Waals surface area contributed by atoms with Gasteiger partial charge in [0, 0.05) is 31.3 Å². The van der Waals surface area contributed by atoms with Gasteiger partial charge >= 0.3 is 0 Å². The smallest absolute Gasteiger partial charge is 0.271 e. The summed E-state index contributed by atoms with van der Waals surface area (Å²) in [5, 5.41) is 17.6. The standard InChI is InChI=1S/C20H21ClN6O3/c1-30-7-6-22-19(28)18-9-13-8-12(11-27(13)26-18)23-20(29)17-10-16(24-25-17)14-4-2-3-5-15(14)21/h2-5,9-10,12H,6-8,11H2,1H3,(H,22,28)(H,23,29)(H,24,25)/t12-/m0/s1. The second kappa shape index (κ2) is 8.68. The molecule has 3 N–H and O–H groups in total. The normalized spacial score (nSPS) is 15.1. The number of H-pyrrole nitrogens is 1. The summed E-state index contributed by atoms with van der Waals surface area (Å²) in [7, 11) is 1.58. The van der Waals surface area contributed by atoms with Crippen LogP contribution in [-0.4, -0.2) is 58.1 Å². The molecule has 9 nitrogen and oxygen atoms in total. The first kappa shape index (κ1) is 20.1. The van der Waals surface area contributed by atoms with Gasteiger partial charge in [0.1, 0.15) is 11.4 Å². The molecule has 1 aromatic carbocycles. The van der Waals surface area contributed by atoms with E-state index >= 15 is 0 Å². The molecule has 0 spiro atoms. The molecule has 4 rings (SSSR count). The van der Waals surface area contributed by atoms with Crippen molar-refractivity contribution in [1.29, 1.82) is 0 Å². The van der Waals surface area contributed by atoms with Gasteiger partial charge in [0.05, 0.1) is 29.9 Å². The Labute approximate surface area is 177 Å². The minimum atomic E-state index is -0.255. The molecule has 3 aromatic rings. The number of ether oxygens (including phenoxy) is 1. The van der Waals surface area contributed by atoms with Crippen molar-refractivity contribution < 1.29 is 14.3 Å². The van der Waals surface area contributed by atoms with Crippen LogP contribution >= 0.6 is 11.6 Å². The van der Waals surface area contributed by atoms with Crippen molar-refractivity contribution in [2.45, 2.75) is 19.0 Å². The number of amides is 2. The molecule has 1 aliphatic heterocycles. The highest BCUT2D eigenvalue weighted by Gasteiger charge is 2.27. The molecule has 1 aliphatic rings. The Hall–Kier alpha value is -3.17. The maximum atomic E-state index is 12.6. The molecule has 156 valence electrons. The van der Waals surface area contributed by atoms with E-state index in [0.717, 1.165) is 11.3 Å². The molecule has 0 unspecified atom stereocenters. The SMILES string of the molecule is COCCNC(=O)c1cc2n(n1)C[C@@H](NC(=O)c1cc(-c3ccccc3Cl)n[nH]1)C2. The second-order valence-electron chi connectivity index (χ2n) is 6.97. The number of fused-ring (bicyclic) bond motifs is 1. The Morgan fingerprint density at radius 2 is 2.13 bits per heavy atom. The van der Waals surface area contributed by atoms with Crippen LogP contribution in [0.1, 0.15) is 26.7 Å². The van der Waals surface area contributed by atoms with Gasteiger partial charge in [-0.25, -0.2) is 0 Å². The number of rotatable bonds is 7. The zero-order valence-corrected chi connectivity index (χ0v) is 17.1. The Kier molecular flexibility index (Phi) is 5.82. The maximum Gasteiger partial charge on any atom is 0.271 e. The minimum Gasteiger partial charge on any atom is -0.383 e. The lowest BCUT2D eigenvalue weighted by molar-refractivity contribution is 0.0919. The van der Waals surface area contributed by atoms with Crippen LogP contribution in [0, 0.1) is 0 Å². The average Bonchev–Trinajstić information content (AvgIpc) is 3.43. The van der Waals surface area contributed by atoms with E-state index in [1.54, 1.807) is 30.0 Å². The summed E-state index contributed by atoms with van der Waals surface area (Å²) in [6.07, 6.45) is 0.593. The summed E-state index contributed by atoms with van der Waals surface area (Å²) < 4.78 is 6.66. The number of methoxy groups -OCH3 is 1. The fraction of sp³-hybridized carbons (Fsp3) is 0.300. The van der Waals surface area contributed by atoms with Gasteiger partial charge in [-0.05, 0) is 18.2 Å². The molecule has 0 radical (unpaired) electrons. The highest BCUT2D eigenvalue weighted by Crippen LogP contribution is 2.26. The quantitative estimate of drug-likeness (QED) is 0.495. The fourth-order valence-corrected chi connectivity index (χ4v) is 3.61. The van der Waals surface area contributed by atoms with Gasteiger partial charge in [-0.15, -0.1) is 0 Å². The lowest BCUT2D eigenvalue weighted by Gasteiger charge is -2.10. The Bertz CT molecular complexity index is 1050. The monoisotopic (exact) mass is 428 g/mol. The highest BCUT2D eigenvalue weighted by molar-refractivity contribution is 6.33. The predicted molar refractivity (Wildman–Crippen MR) is 110 cm³/mol. The molecule has 3 heterocycles. The van der Waals surface area contributed by atoms with Crippen molar-refractivity contribution in [3.05, 3.63) is 58.5 Å². The Balaban J connectivity index is 1.35. The van der Waals surface area contributed by atoms with Crippen molar-refractivity contribution >= 4 is 23.4 Å². The molecule has 0 bridgehead atoms. The number of benzene rings is 1. The lowest BCUT2D eigenvalue weighted by Crippen LogP contribution is -2.36. The summed E-state index contributed by atoms with van der Waals surface area (Å²) in [4.78, 5) is 24.7. The van der Waals surface area contributed by atoms with Crippen molar-refractivity contribution in [1.82, 2.24) is 30.6 Å². The van der Waals surface area contributed by atoms with Crippen LogP contribution in [0.4, 0.5) is 0 Å². The van der Waals surface area contributed by atoms with Crippen LogP contribution in [0.25, 0.3) is 11.3 Å². The number of hydrogen-bond acceptors (Lipinski definition) is 5. The number of aromatic amines is 1. The average molecular weight is 429 g/mol. The molecule has 10 heteroatoms.